The van der Waals surface area contributed by atoms with Crippen molar-refractivity contribution in [1.82, 2.24) is 0 Å². The Morgan fingerprint density at radius 2 is 1.68 bits per heavy atom. The molecule has 0 unspecified atom stereocenters. The molecule has 0 aromatic heterocycles. The highest BCUT2D eigenvalue weighted by Crippen LogP contribution is 2.63. The fourth-order valence-corrected chi connectivity index (χ4v) is 4.81. The van der Waals surface area contributed by atoms with Crippen molar-refractivity contribution in [2.24, 2.45) is 41.4 Å². The Morgan fingerprint density at radius 1 is 1.07 bits per heavy atom. The molecule has 0 heterocycles. The molecule has 6 heteroatoms. The number of fused-ring (bicyclic) bond motifs is 1. The molecule has 2 N–H and O–H groups in total. The van der Waals surface area contributed by atoms with E-state index in [4.69, 9.17) is 4.74 Å². The van der Waals surface area contributed by atoms with E-state index < -0.39 is 23.8 Å². The predicted octanol–water partition coefficient (Wildman–Crippen LogP) is 3.21. The van der Waals surface area contributed by atoms with E-state index in [1.807, 2.05) is 26.0 Å². The smallest absolute Gasteiger partial charge is 0.338 e. The topological polar surface area (TPSA) is 92.7 Å². The molecular weight excluding hydrogens is 358 g/mol. The molecule has 1 amide bonds. The van der Waals surface area contributed by atoms with Crippen molar-refractivity contribution >= 4 is 23.5 Å². The number of amides is 1. The van der Waals surface area contributed by atoms with Crippen LogP contribution in [0.4, 0.5) is 5.69 Å². The molecule has 4 aliphatic rings. The Labute approximate surface area is 164 Å². The number of ether oxygens (including phenoxy) is 1. The van der Waals surface area contributed by atoms with E-state index in [0.717, 1.165) is 6.42 Å². The van der Waals surface area contributed by atoms with Gasteiger partial charge in [-0.25, -0.2) is 4.79 Å². The number of carboxylic acid groups (broad SMARTS) is 1. The third-order valence-electron chi connectivity index (χ3n) is 6.18. The molecule has 28 heavy (non-hydrogen) atoms. The molecule has 0 saturated heterocycles. The van der Waals surface area contributed by atoms with E-state index in [-0.39, 0.29) is 23.7 Å². The van der Waals surface area contributed by atoms with Gasteiger partial charge in [0, 0.05) is 5.69 Å². The molecule has 0 radical (unpaired) electrons. The molecule has 0 spiro atoms. The first kappa shape index (κ1) is 18.7. The van der Waals surface area contributed by atoms with Gasteiger partial charge >= 0.3 is 11.9 Å². The van der Waals surface area contributed by atoms with Crippen molar-refractivity contribution in [3.8, 4) is 0 Å². The average Bonchev–Trinajstić information content (AvgIpc) is 3.48. The molecule has 0 aliphatic heterocycles. The van der Waals surface area contributed by atoms with Crippen LogP contribution in [-0.2, 0) is 14.3 Å². The van der Waals surface area contributed by atoms with E-state index in [0.29, 0.717) is 29.7 Å². The van der Waals surface area contributed by atoms with Gasteiger partial charge in [-0.05, 0) is 60.3 Å². The molecule has 2 fully saturated rings. The zero-order chi connectivity index (χ0) is 20.0. The second-order valence-corrected chi connectivity index (χ2v) is 8.55. The van der Waals surface area contributed by atoms with Crippen LogP contribution in [0.3, 0.4) is 0 Å². The van der Waals surface area contributed by atoms with Gasteiger partial charge in [0.1, 0.15) is 0 Å². The summed E-state index contributed by atoms with van der Waals surface area (Å²) in [6.07, 6.45) is 5.05. The standard InChI is InChI=1S/C22H25NO5/c1-11(2)10-28-22(27)12-3-5-13(6-4-12)23-20(24)18-14-7-8-15(17-9-16(14)17)19(18)21(25)26/h3-8,11,14-19H,9-10H2,1-2H3,(H,23,24)(H,25,26)/t14-,15+,16+,17+,18-,19-/m0/s1. The first-order chi connectivity index (χ1) is 13.4. The maximum absolute atomic E-state index is 12.9. The van der Waals surface area contributed by atoms with Crippen LogP contribution in [0.2, 0.25) is 0 Å². The highest BCUT2D eigenvalue weighted by Gasteiger charge is 2.62. The first-order valence-corrected chi connectivity index (χ1v) is 9.86. The zero-order valence-electron chi connectivity index (χ0n) is 16.0. The van der Waals surface area contributed by atoms with Crippen molar-refractivity contribution in [2.45, 2.75) is 20.3 Å². The van der Waals surface area contributed by atoms with Crippen molar-refractivity contribution in [3.63, 3.8) is 0 Å². The van der Waals surface area contributed by atoms with Crippen LogP contribution in [0.5, 0.6) is 0 Å². The number of aliphatic carboxylic acids is 1. The van der Waals surface area contributed by atoms with Crippen molar-refractivity contribution in [2.75, 3.05) is 11.9 Å². The van der Waals surface area contributed by atoms with Crippen LogP contribution in [0, 0.1) is 41.4 Å². The van der Waals surface area contributed by atoms with Crippen molar-refractivity contribution in [3.05, 3.63) is 42.0 Å². The molecule has 2 saturated carbocycles. The molecule has 5 rings (SSSR count). The van der Waals surface area contributed by atoms with E-state index in [9.17, 15) is 19.5 Å². The van der Waals surface area contributed by atoms with Crippen LogP contribution in [0.1, 0.15) is 30.6 Å². The Hall–Kier alpha value is -2.63. The number of esters is 1. The summed E-state index contributed by atoms with van der Waals surface area (Å²) in [5.74, 6) is -1.67. The molecule has 4 aliphatic carbocycles. The van der Waals surface area contributed by atoms with Gasteiger partial charge < -0.3 is 15.2 Å². The Kier molecular flexibility index (Phi) is 4.73. The average molecular weight is 383 g/mol. The fraction of sp³-hybridized carbons (Fsp3) is 0.500. The van der Waals surface area contributed by atoms with Crippen LogP contribution >= 0.6 is 0 Å². The summed E-state index contributed by atoms with van der Waals surface area (Å²) in [5.41, 5.74) is 0.967. The van der Waals surface area contributed by atoms with Gasteiger partial charge in [-0.3, -0.25) is 9.59 Å². The highest BCUT2D eigenvalue weighted by molar-refractivity contribution is 5.97. The number of benzene rings is 1. The molecule has 1 aromatic rings. The first-order valence-electron chi connectivity index (χ1n) is 9.86. The number of anilines is 1. The molecular formula is C22H25NO5. The summed E-state index contributed by atoms with van der Waals surface area (Å²) in [6, 6.07) is 6.51. The van der Waals surface area contributed by atoms with Crippen LogP contribution in [0.15, 0.2) is 36.4 Å². The summed E-state index contributed by atoms with van der Waals surface area (Å²) in [7, 11) is 0. The number of allylic oxidation sites excluding steroid dienone is 2. The lowest BCUT2D eigenvalue weighted by Gasteiger charge is -2.41. The van der Waals surface area contributed by atoms with E-state index >= 15 is 0 Å². The Morgan fingerprint density at radius 3 is 2.25 bits per heavy atom. The predicted molar refractivity (Wildman–Crippen MR) is 103 cm³/mol. The maximum atomic E-state index is 12.9. The minimum atomic E-state index is -0.895. The minimum Gasteiger partial charge on any atom is -0.481 e. The number of rotatable bonds is 6. The molecule has 1 aromatic carbocycles. The number of carbonyl (C=O) groups excluding carboxylic acids is 2. The number of carbonyl (C=O) groups is 3. The molecule has 6 atom stereocenters. The van der Waals surface area contributed by atoms with Gasteiger partial charge in [0.25, 0.3) is 0 Å². The van der Waals surface area contributed by atoms with Crippen LogP contribution < -0.4 is 5.32 Å². The summed E-state index contributed by atoms with van der Waals surface area (Å²) in [6.45, 7) is 4.29. The Balaban J connectivity index is 1.44. The molecule has 2 bridgehead atoms. The third kappa shape index (κ3) is 3.32. The van der Waals surface area contributed by atoms with E-state index in [1.54, 1.807) is 24.3 Å². The van der Waals surface area contributed by atoms with Gasteiger partial charge in [0.05, 0.1) is 24.0 Å². The van der Waals surface area contributed by atoms with E-state index in [2.05, 4.69) is 5.32 Å². The van der Waals surface area contributed by atoms with Crippen LogP contribution in [0.25, 0.3) is 0 Å². The van der Waals surface area contributed by atoms with Crippen LogP contribution in [-0.4, -0.2) is 29.6 Å². The second kappa shape index (κ2) is 7.08. The maximum Gasteiger partial charge on any atom is 0.338 e. The second-order valence-electron chi connectivity index (χ2n) is 8.55. The fourth-order valence-electron chi connectivity index (χ4n) is 4.81. The van der Waals surface area contributed by atoms with Gasteiger partial charge in [0.15, 0.2) is 0 Å². The summed E-state index contributed by atoms with van der Waals surface area (Å²) >= 11 is 0. The molecule has 6 nitrogen and oxygen atoms in total. The zero-order valence-corrected chi connectivity index (χ0v) is 16.0. The lowest BCUT2D eigenvalue weighted by molar-refractivity contribution is -0.152. The van der Waals surface area contributed by atoms with Crippen molar-refractivity contribution in [1.29, 1.82) is 0 Å². The number of hydrogen-bond donors (Lipinski definition) is 2. The molecule has 148 valence electrons. The van der Waals surface area contributed by atoms with Gasteiger partial charge in [-0.1, -0.05) is 26.0 Å². The lowest BCUT2D eigenvalue weighted by atomic mass is 9.62. The largest absolute Gasteiger partial charge is 0.481 e. The number of nitrogens with one attached hydrogen (secondary N) is 1. The Bertz CT molecular complexity index is 828. The quantitative estimate of drug-likeness (QED) is 0.581. The third-order valence-corrected chi connectivity index (χ3v) is 6.18. The van der Waals surface area contributed by atoms with Gasteiger partial charge in [-0.15, -0.1) is 0 Å². The number of carboxylic acids is 1. The monoisotopic (exact) mass is 383 g/mol. The van der Waals surface area contributed by atoms with Crippen molar-refractivity contribution < 1.29 is 24.2 Å². The summed E-state index contributed by atoms with van der Waals surface area (Å²) in [4.78, 5) is 36.8. The SMILES string of the molecule is CC(C)COC(=O)c1ccc(NC(=O)[C@H]2[C@H]3C=C[C@H]([C@H]4C[C@H]34)[C@@H]2C(=O)O)cc1. The van der Waals surface area contributed by atoms with Gasteiger partial charge in [0.2, 0.25) is 5.91 Å². The highest BCUT2D eigenvalue weighted by atomic mass is 16.5. The number of hydrogen-bond acceptors (Lipinski definition) is 4. The lowest BCUT2D eigenvalue weighted by Crippen LogP contribution is -2.48. The summed E-state index contributed by atoms with van der Waals surface area (Å²) in [5, 5.41) is 12.6. The van der Waals surface area contributed by atoms with Gasteiger partial charge in [-0.2, -0.15) is 0 Å². The summed E-state index contributed by atoms with van der Waals surface area (Å²) < 4.78 is 5.20. The van der Waals surface area contributed by atoms with E-state index in [1.165, 1.54) is 0 Å². The normalized spacial score (nSPS) is 32.0. The minimum absolute atomic E-state index is 0.00128.